The molecule has 0 radical (unpaired) electrons. The van der Waals surface area contributed by atoms with Crippen molar-refractivity contribution in [3.63, 3.8) is 0 Å². The summed E-state index contributed by atoms with van der Waals surface area (Å²) >= 11 is 0. The molecule has 1 rings (SSSR count). The van der Waals surface area contributed by atoms with Gasteiger partial charge in [-0.15, -0.1) is 24.0 Å². The second kappa shape index (κ2) is 13.4. The number of guanidine groups is 1. The highest BCUT2D eigenvalue weighted by atomic mass is 127. The Labute approximate surface area is 154 Å². The van der Waals surface area contributed by atoms with Crippen LogP contribution in [0.2, 0.25) is 0 Å². The molecule has 1 heterocycles. The summed E-state index contributed by atoms with van der Waals surface area (Å²) < 4.78 is 0. The first kappa shape index (κ1) is 22.0. The maximum absolute atomic E-state index is 4.74. The summed E-state index contributed by atoms with van der Waals surface area (Å²) in [7, 11) is 2.22. The van der Waals surface area contributed by atoms with Crippen LogP contribution in [0.25, 0.3) is 0 Å². The van der Waals surface area contributed by atoms with Gasteiger partial charge >= 0.3 is 0 Å². The third kappa shape index (κ3) is 9.18. The molecule has 2 N–H and O–H groups in total. The maximum Gasteiger partial charge on any atom is 0.191 e. The van der Waals surface area contributed by atoms with E-state index in [-0.39, 0.29) is 24.0 Å². The molecule has 4 nitrogen and oxygen atoms in total. The van der Waals surface area contributed by atoms with Gasteiger partial charge in [-0.3, -0.25) is 4.99 Å². The van der Waals surface area contributed by atoms with Crippen LogP contribution in [0.4, 0.5) is 0 Å². The fourth-order valence-electron chi connectivity index (χ4n) is 2.85. The Morgan fingerprint density at radius 3 is 2.32 bits per heavy atom. The normalized spacial score (nSPS) is 17.4. The summed E-state index contributed by atoms with van der Waals surface area (Å²) in [6, 6.07) is 0. The number of aliphatic imine (C=N–C) groups is 1. The summed E-state index contributed by atoms with van der Waals surface area (Å²) in [5.41, 5.74) is 0. The van der Waals surface area contributed by atoms with Crippen LogP contribution in [0.3, 0.4) is 0 Å². The molecule has 0 aromatic rings. The molecule has 22 heavy (non-hydrogen) atoms. The van der Waals surface area contributed by atoms with Gasteiger partial charge in [0.05, 0.1) is 0 Å². The summed E-state index contributed by atoms with van der Waals surface area (Å²) in [6.07, 6.45) is 6.40. The lowest BCUT2D eigenvalue weighted by molar-refractivity contribution is 0.213. The third-order valence-electron chi connectivity index (χ3n) is 4.69. The van der Waals surface area contributed by atoms with E-state index >= 15 is 0 Å². The molecule has 1 saturated heterocycles. The van der Waals surface area contributed by atoms with E-state index in [0.29, 0.717) is 5.92 Å². The van der Waals surface area contributed by atoms with Crippen LogP contribution in [0.5, 0.6) is 0 Å². The van der Waals surface area contributed by atoms with E-state index in [1.165, 1.54) is 45.2 Å². The average molecular weight is 424 g/mol. The van der Waals surface area contributed by atoms with Gasteiger partial charge in [0.1, 0.15) is 0 Å². The Bertz CT molecular complexity index is 284. The summed E-state index contributed by atoms with van der Waals surface area (Å²) in [5.74, 6) is 2.60. The van der Waals surface area contributed by atoms with Gasteiger partial charge in [-0.05, 0) is 58.2 Å². The molecule has 1 aliphatic heterocycles. The molecule has 1 aliphatic rings. The summed E-state index contributed by atoms with van der Waals surface area (Å²) in [6.45, 7) is 12.1. The Hall–Kier alpha value is -0.0400. The highest BCUT2D eigenvalue weighted by Crippen LogP contribution is 2.18. The Kier molecular flexibility index (Phi) is 13.4. The van der Waals surface area contributed by atoms with Crippen molar-refractivity contribution >= 4 is 29.9 Å². The van der Waals surface area contributed by atoms with E-state index in [4.69, 9.17) is 4.99 Å². The molecule has 0 aromatic heterocycles. The minimum Gasteiger partial charge on any atom is -0.357 e. The number of hydrogen-bond acceptors (Lipinski definition) is 2. The molecule has 132 valence electrons. The second-order valence-electron chi connectivity index (χ2n) is 6.36. The van der Waals surface area contributed by atoms with E-state index in [0.717, 1.165) is 31.5 Å². The highest BCUT2D eigenvalue weighted by Gasteiger charge is 2.16. The van der Waals surface area contributed by atoms with E-state index in [1.807, 2.05) is 0 Å². The number of likely N-dealkylation sites (tertiary alicyclic amines) is 1. The number of halogens is 1. The van der Waals surface area contributed by atoms with Crippen LogP contribution >= 0.6 is 24.0 Å². The smallest absolute Gasteiger partial charge is 0.191 e. The van der Waals surface area contributed by atoms with Crippen LogP contribution in [0.15, 0.2) is 4.99 Å². The lowest BCUT2D eigenvalue weighted by Gasteiger charge is -2.29. The van der Waals surface area contributed by atoms with Gasteiger partial charge in [0, 0.05) is 19.6 Å². The molecule has 0 aromatic carbocycles. The van der Waals surface area contributed by atoms with Crippen LogP contribution in [-0.4, -0.2) is 50.6 Å². The lowest BCUT2D eigenvalue weighted by atomic mass is 9.94. The quantitative estimate of drug-likeness (QED) is 0.357. The van der Waals surface area contributed by atoms with Crippen molar-refractivity contribution in [2.45, 2.75) is 52.9 Å². The summed E-state index contributed by atoms with van der Waals surface area (Å²) in [5, 5.41) is 6.87. The Balaban J connectivity index is 0.00000441. The number of nitrogens with zero attached hydrogens (tertiary/aromatic N) is 2. The van der Waals surface area contributed by atoms with Crippen molar-refractivity contribution in [3.8, 4) is 0 Å². The van der Waals surface area contributed by atoms with Gasteiger partial charge in [0.2, 0.25) is 0 Å². The first-order chi connectivity index (χ1) is 10.2. The van der Waals surface area contributed by atoms with Gasteiger partial charge in [-0.1, -0.05) is 26.7 Å². The van der Waals surface area contributed by atoms with Crippen LogP contribution in [0.1, 0.15) is 52.9 Å². The summed E-state index contributed by atoms with van der Waals surface area (Å²) in [4.78, 5) is 7.17. The van der Waals surface area contributed by atoms with Crippen molar-refractivity contribution in [1.29, 1.82) is 0 Å². The number of nitrogens with one attached hydrogen (secondary N) is 2. The molecular weight excluding hydrogens is 387 g/mol. The van der Waals surface area contributed by atoms with E-state index < -0.39 is 0 Å². The molecule has 0 unspecified atom stereocenters. The van der Waals surface area contributed by atoms with Gasteiger partial charge in [0.25, 0.3) is 0 Å². The van der Waals surface area contributed by atoms with E-state index in [9.17, 15) is 0 Å². The fourth-order valence-corrected chi connectivity index (χ4v) is 2.85. The van der Waals surface area contributed by atoms with Crippen LogP contribution in [-0.2, 0) is 0 Å². The molecule has 5 heteroatoms. The Morgan fingerprint density at radius 2 is 1.77 bits per heavy atom. The molecule has 1 fully saturated rings. The van der Waals surface area contributed by atoms with Crippen molar-refractivity contribution < 1.29 is 0 Å². The zero-order valence-electron chi connectivity index (χ0n) is 15.0. The van der Waals surface area contributed by atoms with Gasteiger partial charge < -0.3 is 15.5 Å². The standard InChI is InChI=1S/C17H36N4.HI/c1-5-15(6-2)14-20-17(18-7-3)19-11-8-16-9-12-21(4)13-10-16;/h15-16H,5-14H2,1-4H3,(H2,18,19,20);1H. The molecule has 0 atom stereocenters. The monoisotopic (exact) mass is 424 g/mol. The van der Waals surface area contributed by atoms with Gasteiger partial charge in [-0.25, -0.2) is 0 Å². The molecule has 0 amide bonds. The van der Waals surface area contributed by atoms with Crippen molar-refractivity contribution in [3.05, 3.63) is 0 Å². The zero-order valence-corrected chi connectivity index (χ0v) is 17.4. The first-order valence-electron chi connectivity index (χ1n) is 8.90. The SMILES string of the molecule is CCNC(=NCC(CC)CC)NCCC1CCN(C)CC1.I. The topological polar surface area (TPSA) is 39.7 Å². The lowest BCUT2D eigenvalue weighted by Crippen LogP contribution is -2.39. The number of rotatable bonds is 8. The third-order valence-corrected chi connectivity index (χ3v) is 4.69. The molecular formula is C17H37IN4. The number of piperidine rings is 1. The highest BCUT2D eigenvalue weighted by molar-refractivity contribution is 14.0. The van der Waals surface area contributed by atoms with Crippen molar-refractivity contribution in [2.24, 2.45) is 16.8 Å². The minimum absolute atomic E-state index is 0. The maximum atomic E-state index is 4.74. The average Bonchev–Trinajstić information content (AvgIpc) is 2.50. The van der Waals surface area contributed by atoms with E-state index in [1.54, 1.807) is 0 Å². The number of hydrogen-bond donors (Lipinski definition) is 2. The molecule has 0 spiro atoms. The van der Waals surface area contributed by atoms with Crippen LogP contribution in [0, 0.1) is 11.8 Å². The van der Waals surface area contributed by atoms with Crippen molar-refractivity contribution in [2.75, 3.05) is 39.8 Å². The molecule has 0 aliphatic carbocycles. The predicted molar refractivity (Wildman–Crippen MR) is 108 cm³/mol. The molecule has 0 saturated carbocycles. The first-order valence-corrected chi connectivity index (χ1v) is 8.90. The molecule has 0 bridgehead atoms. The predicted octanol–water partition coefficient (Wildman–Crippen LogP) is 3.33. The second-order valence-corrected chi connectivity index (χ2v) is 6.36. The van der Waals surface area contributed by atoms with Crippen LogP contribution < -0.4 is 10.6 Å². The van der Waals surface area contributed by atoms with Gasteiger partial charge in [-0.2, -0.15) is 0 Å². The zero-order chi connectivity index (χ0) is 15.5. The van der Waals surface area contributed by atoms with Crippen molar-refractivity contribution in [1.82, 2.24) is 15.5 Å². The fraction of sp³-hybridized carbons (Fsp3) is 0.941. The Morgan fingerprint density at radius 1 is 1.14 bits per heavy atom. The van der Waals surface area contributed by atoms with Gasteiger partial charge in [0.15, 0.2) is 5.96 Å². The van der Waals surface area contributed by atoms with E-state index in [2.05, 4.69) is 43.4 Å². The minimum atomic E-state index is 0. The largest absolute Gasteiger partial charge is 0.357 e.